The summed E-state index contributed by atoms with van der Waals surface area (Å²) in [7, 11) is 0. The van der Waals surface area contributed by atoms with Gasteiger partial charge >= 0.3 is 0 Å². The highest BCUT2D eigenvalue weighted by Crippen LogP contribution is 2.20. The lowest BCUT2D eigenvalue weighted by Crippen LogP contribution is -2.49. The van der Waals surface area contributed by atoms with E-state index in [1.165, 1.54) is 23.8 Å². The van der Waals surface area contributed by atoms with E-state index in [4.69, 9.17) is 0 Å². The van der Waals surface area contributed by atoms with Gasteiger partial charge < -0.3 is 25.8 Å². The van der Waals surface area contributed by atoms with Crippen molar-refractivity contribution in [3.05, 3.63) is 111 Å². The van der Waals surface area contributed by atoms with E-state index in [1.54, 1.807) is 0 Å². The Labute approximate surface area is 218 Å². The summed E-state index contributed by atoms with van der Waals surface area (Å²) in [6, 6.07) is 15.6. The Morgan fingerprint density at radius 2 is 1.68 bits per heavy atom. The second-order valence-corrected chi connectivity index (χ2v) is 9.18. The number of aromatic hydroxyl groups is 1. The quantitative estimate of drug-likeness (QED) is 0.219. The molecule has 0 aliphatic rings. The summed E-state index contributed by atoms with van der Waals surface area (Å²) < 4.78 is 27.6. The van der Waals surface area contributed by atoms with Crippen LogP contribution in [-0.4, -0.2) is 39.8 Å². The highest BCUT2D eigenvalue weighted by molar-refractivity contribution is 5.96. The van der Waals surface area contributed by atoms with Gasteiger partial charge in [-0.25, -0.2) is 8.78 Å². The molecule has 4 rings (SSSR count). The highest BCUT2D eigenvalue weighted by Gasteiger charge is 2.24. The average molecular weight is 522 g/mol. The Hall–Kier alpha value is -4.08. The molecule has 1 amide bonds. The Bertz CT molecular complexity index is 1480. The van der Waals surface area contributed by atoms with E-state index in [0.29, 0.717) is 6.54 Å². The van der Waals surface area contributed by atoms with Crippen molar-refractivity contribution in [2.24, 2.45) is 0 Å². The van der Waals surface area contributed by atoms with Gasteiger partial charge in [0.05, 0.1) is 17.7 Å². The monoisotopic (exact) mass is 521 g/mol. The van der Waals surface area contributed by atoms with Crippen LogP contribution in [0.4, 0.5) is 8.78 Å². The molecule has 198 valence electrons. The van der Waals surface area contributed by atoms with Crippen LogP contribution in [0, 0.1) is 11.6 Å². The molecule has 0 spiro atoms. The fraction of sp³-hybridized carbons (Fsp3) is 0.241. The van der Waals surface area contributed by atoms with Gasteiger partial charge in [0.2, 0.25) is 0 Å². The topological polar surface area (TPSA) is 114 Å². The van der Waals surface area contributed by atoms with Gasteiger partial charge in [0.25, 0.3) is 5.91 Å². The number of aromatic amines is 1. The van der Waals surface area contributed by atoms with Gasteiger partial charge in [-0.05, 0) is 53.8 Å². The number of carbonyl (C=O) groups is 1. The van der Waals surface area contributed by atoms with E-state index < -0.39 is 35.1 Å². The number of halogens is 2. The molecule has 1 heterocycles. The van der Waals surface area contributed by atoms with Crippen molar-refractivity contribution in [2.75, 3.05) is 6.54 Å². The predicted molar refractivity (Wildman–Crippen MR) is 141 cm³/mol. The summed E-state index contributed by atoms with van der Waals surface area (Å²) in [6.07, 6.45) is -0.318. The SMILES string of the molecule is CCc1cccc(CNCC(O)C(Cc2cc(F)cc(F)c2)NC(=O)c2cc(=O)c3cccc(O)c3[nH]2)c1. The van der Waals surface area contributed by atoms with Gasteiger partial charge in [-0.3, -0.25) is 9.59 Å². The number of aliphatic hydroxyl groups excluding tert-OH is 1. The summed E-state index contributed by atoms with van der Waals surface area (Å²) in [5.74, 6) is -2.47. The van der Waals surface area contributed by atoms with E-state index in [0.717, 1.165) is 36.2 Å². The number of phenols is 1. The number of aliphatic hydroxyl groups is 1. The minimum atomic E-state index is -1.14. The third kappa shape index (κ3) is 6.62. The standard InChI is InChI=1S/C29H29F2N3O4/c1-2-17-5-3-6-18(9-17)15-32-16-27(37)23(12-19-10-20(30)13-21(31)11-19)34-29(38)24-14-26(36)22-7-4-8-25(35)28(22)33-24/h3-11,13-14,23,27,32,35,37H,2,12,15-16H2,1H3,(H,33,36)(H,34,38). The van der Waals surface area contributed by atoms with Crippen LogP contribution in [0.2, 0.25) is 0 Å². The van der Waals surface area contributed by atoms with Crippen LogP contribution in [-0.2, 0) is 19.4 Å². The second-order valence-electron chi connectivity index (χ2n) is 9.18. The Kier molecular flexibility index (Phi) is 8.50. The van der Waals surface area contributed by atoms with Crippen LogP contribution < -0.4 is 16.1 Å². The maximum atomic E-state index is 13.8. The molecule has 0 radical (unpaired) electrons. The van der Waals surface area contributed by atoms with Crippen molar-refractivity contribution in [3.8, 4) is 5.75 Å². The largest absolute Gasteiger partial charge is 0.506 e. The summed E-state index contributed by atoms with van der Waals surface area (Å²) >= 11 is 0. The number of hydrogen-bond acceptors (Lipinski definition) is 5. The van der Waals surface area contributed by atoms with Crippen molar-refractivity contribution in [3.63, 3.8) is 0 Å². The first kappa shape index (κ1) is 27.0. The number of rotatable bonds is 10. The molecule has 0 fully saturated rings. The van der Waals surface area contributed by atoms with E-state index >= 15 is 0 Å². The number of hydrogen-bond donors (Lipinski definition) is 5. The minimum Gasteiger partial charge on any atom is -0.506 e. The van der Waals surface area contributed by atoms with Gasteiger partial charge in [0.15, 0.2) is 5.43 Å². The van der Waals surface area contributed by atoms with Crippen molar-refractivity contribution in [1.82, 2.24) is 15.6 Å². The zero-order valence-corrected chi connectivity index (χ0v) is 20.8. The number of aryl methyl sites for hydroxylation is 1. The van der Waals surface area contributed by atoms with Crippen LogP contribution in [0.5, 0.6) is 5.75 Å². The lowest BCUT2D eigenvalue weighted by atomic mass is 10.00. The van der Waals surface area contributed by atoms with Crippen LogP contribution in [0.1, 0.15) is 34.1 Å². The third-order valence-corrected chi connectivity index (χ3v) is 6.33. The third-order valence-electron chi connectivity index (χ3n) is 6.33. The number of fused-ring (bicyclic) bond motifs is 1. The van der Waals surface area contributed by atoms with Crippen LogP contribution in [0.3, 0.4) is 0 Å². The number of phenolic OH excluding ortho intramolecular Hbond substituents is 1. The number of pyridine rings is 1. The summed E-state index contributed by atoms with van der Waals surface area (Å²) in [6.45, 7) is 2.61. The number of H-pyrrole nitrogens is 1. The summed E-state index contributed by atoms with van der Waals surface area (Å²) in [5, 5.41) is 27.1. The predicted octanol–water partition coefficient (Wildman–Crippen LogP) is 3.57. The summed E-state index contributed by atoms with van der Waals surface area (Å²) in [5.41, 5.74) is 1.95. The van der Waals surface area contributed by atoms with Crippen LogP contribution >= 0.6 is 0 Å². The van der Waals surface area contributed by atoms with Gasteiger partial charge in [0, 0.05) is 30.6 Å². The molecule has 7 nitrogen and oxygen atoms in total. The number of nitrogens with one attached hydrogen (secondary N) is 3. The van der Waals surface area contributed by atoms with Crippen LogP contribution in [0.25, 0.3) is 10.9 Å². The van der Waals surface area contributed by atoms with Crippen LogP contribution in [0.15, 0.2) is 71.5 Å². The second kappa shape index (κ2) is 12.0. The normalized spacial score (nSPS) is 12.8. The lowest BCUT2D eigenvalue weighted by Gasteiger charge is -2.25. The minimum absolute atomic E-state index is 0.0718. The van der Waals surface area contributed by atoms with E-state index in [9.17, 15) is 28.6 Å². The van der Waals surface area contributed by atoms with Gasteiger partial charge in [-0.2, -0.15) is 0 Å². The fourth-order valence-electron chi connectivity index (χ4n) is 4.36. The fourth-order valence-corrected chi connectivity index (χ4v) is 4.36. The van der Waals surface area contributed by atoms with Crippen molar-refractivity contribution in [2.45, 2.75) is 38.5 Å². The molecule has 2 atom stereocenters. The number of para-hydroxylation sites is 1. The number of amides is 1. The Morgan fingerprint density at radius 1 is 0.974 bits per heavy atom. The van der Waals surface area contributed by atoms with Gasteiger partial charge in [0.1, 0.15) is 23.1 Å². The lowest BCUT2D eigenvalue weighted by molar-refractivity contribution is 0.0825. The number of aromatic nitrogens is 1. The van der Waals surface area contributed by atoms with Crippen molar-refractivity contribution in [1.29, 1.82) is 0 Å². The molecule has 0 bridgehead atoms. The molecular weight excluding hydrogens is 492 g/mol. The molecule has 4 aromatic rings. The molecule has 0 saturated heterocycles. The molecule has 38 heavy (non-hydrogen) atoms. The first-order chi connectivity index (χ1) is 18.2. The Morgan fingerprint density at radius 3 is 2.42 bits per heavy atom. The van der Waals surface area contributed by atoms with E-state index in [2.05, 4.69) is 28.6 Å². The van der Waals surface area contributed by atoms with Gasteiger partial charge in [-0.15, -0.1) is 0 Å². The molecule has 5 N–H and O–H groups in total. The average Bonchev–Trinajstić information content (AvgIpc) is 2.88. The number of benzene rings is 3. The van der Waals surface area contributed by atoms with Crippen molar-refractivity contribution < 1.29 is 23.8 Å². The van der Waals surface area contributed by atoms with E-state index in [1.807, 2.05) is 18.2 Å². The molecule has 0 aliphatic carbocycles. The molecule has 9 heteroatoms. The maximum Gasteiger partial charge on any atom is 0.268 e. The van der Waals surface area contributed by atoms with Crippen molar-refractivity contribution >= 4 is 16.8 Å². The smallest absolute Gasteiger partial charge is 0.268 e. The molecule has 2 unspecified atom stereocenters. The maximum absolute atomic E-state index is 13.8. The highest BCUT2D eigenvalue weighted by atomic mass is 19.1. The zero-order chi connectivity index (χ0) is 27.2. The molecule has 3 aromatic carbocycles. The first-order valence-corrected chi connectivity index (χ1v) is 12.3. The summed E-state index contributed by atoms with van der Waals surface area (Å²) in [4.78, 5) is 28.4. The van der Waals surface area contributed by atoms with E-state index in [-0.39, 0.29) is 40.9 Å². The van der Waals surface area contributed by atoms with Gasteiger partial charge in [-0.1, -0.05) is 37.3 Å². The molecule has 0 aliphatic heterocycles. The first-order valence-electron chi connectivity index (χ1n) is 12.3. The Balaban J connectivity index is 1.54. The molecule has 1 aromatic heterocycles. The number of carbonyl (C=O) groups excluding carboxylic acids is 1. The zero-order valence-electron chi connectivity index (χ0n) is 20.8. The molecule has 0 saturated carbocycles. The molecular formula is C29H29F2N3O4.